The van der Waals surface area contributed by atoms with Gasteiger partial charge in [-0.2, -0.15) is 0 Å². The van der Waals surface area contributed by atoms with Crippen molar-refractivity contribution >= 4 is 5.82 Å². The van der Waals surface area contributed by atoms with Gasteiger partial charge in [-0.3, -0.25) is 4.90 Å². The molecule has 1 aromatic rings. The summed E-state index contributed by atoms with van der Waals surface area (Å²) in [5.41, 5.74) is 5.67. The summed E-state index contributed by atoms with van der Waals surface area (Å²) in [7, 11) is 0. The Labute approximate surface area is 95.5 Å². The first kappa shape index (κ1) is 11.3. The highest BCUT2D eigenvalue weighted by Crippen LogP contribution is 2.25. The molecule has 2 N–H and O–H groups in total. The van der Waals surface area contributed by atoms with E-state index < -0.39 is 5.67 Å². The molecular weight excluding hydrogens is 205 g/mol. The van der Waals surface area contributed by atoms with Crippen LogP contribution in [-0.4, -0.2) is 28.6 Å². The number of aromatic nitrogens is 1. The average molecular weight is 223 g/mol. The predicted molar refractivity (Wildman–Crippen MR) is 62.7 cm³/mol. The molecule has 2 heterocycles. The van der Waals surface area contributed by atoms with E-state index in [0.29, 0.717) is 18.8 Å². The number of nitrogens with two attached hydrogens (primary N) is 1. The summed E-state index contributed by atoms with van der Waals surface area (Å²) in [4.78, 5) is 6.08. The SMILES string of the molecule is C[C@@]1(F)CCCN(Cc2ccnc(N)c2)C1. The third-order valence-electron chi connectivity index (χ3n) is 2.98. The van der Waals surface area contributed by atoms with E-state index in [-0.39, 0.29) is 0 Å². The van der Waals surface area contributed by atoms with Gasteiger partial charge in [0.15, 0.2) is 0 Å². The molecule has 0 amide bonds. The molecule has 0 spiro atoms. The largest absolute Gasteiger partial charge is 0.384 e. The summed E-state index contributed by atoms with van der Waals surface area (Å²) >= 11 is 0. The van der Waals surface area contributed by atoms with Gasteiger partial charge in [-0.05, 0) is 44.0 Å². The van der Waals surface area contributed by atoms with E-state index in [1.165, 1.54) is 0 Å². The minimum atomic E-state index is -1.04. The van der Waals surface area contributed by atoms with Crippen LogP contribution in [0.2, 0.25) is 0 Å². The molecule has 1 aliphatic rings. The highest BCUT2D eigenvalue weighted by atomic mass is 19.1. The number of hydrogen-bond donors (Lipinski definition) is 1. The van der Waals surface area contributed by atoms with Crippen LogP contribution in [0.5, 0.6) is 0 Å². The van der Waals surface area contributed by atoms with Crippen molar-refractivity contribution in [3.05, 3.63) is 23.9 Å². The molecular formula is C12H18FN3. The maximum absolute atomic E-state index is 13.8. The first-order valence-corrected chi connectivity index (χ1v) is 5.67. The van der Waals surface area contributed by atoms with Crippen LogP contribution in [0.3, 0.4) is 0 Å². The molecule has 3 nitrogen and oxygen atoms in total. The summed E-state index contributed by atoms with van der Waals surface area (Å²) in [6, 6.07) is 3.78. The maximum atomic E-state index is 13.8. The van der Waals surface area contributed by atoms with Gasteiger partial charge in [0.1, 0.15) is 11.5 Å². The van der Waals surface area contributed by atoms with Gasteiger partial charge in [-0.25, -0.2) is 9.37 Å². The highest BCUT2D eigenvalue weighted by Gasteiger charge is 2.30. The first-order chi connectivity index (χ1) is 7.55. The van der Waals surface area contributed by atoms with Crippen LogP contribution in [0.4, 0.5) is 10.2 Å². The molecule has 0 bridgehead atoms. The van der Waals surface area contributed by atoms with Gasteiger partial charge in [0.05, 0.1) is 0 Å². The minimum absolute atomic E-state index is 0.509. The van der Waals surface area contributed by atoms with Gasteiger partial charge in [0.2, 0.25) is 0 Å². The third kappa shape index (κ3) is 2.92. The van der Waals surface area contributed by atoms with Crippen LogP contribution >= 0.6 is 0 Å². The summed E-state index contributed by atoms with van der Waals surface area (Å²) in [6.07, 6.45) is 3.29. The van der Waals surface area contributed by atoms with Crippen LogP contribution in [0.25, 0.3) is 0 Å². The minimum Gasteiger partial charge on any atom is -0.384 e. The number of likely N-dealkylation sites (tertiary alicyclic amines) is 1. The fourth-order valence-electron chi connectivity index (χ4n) is 2.28. The number of nitrogens with zero attached hydrogens (tertiary/aromatic N) is 2. The van der Waals surface area contributed by atoms with Gasteiger partial charge in [-0.15, -0.1) is 0 Å². The summed E-state index contributed by atoms with van der Waals surface area (Å²) < 4.78 is 13.8. The second-order valence-corrected chi connectivity index (χ2v) is 4.82. The zero-order chi connectivity index (χ0) is 11.6. The molecule has 0 aliphatic carbocycles. The van der Waals surface area contributed by atoms with Crippen molar-refractivity contribution in [2.45, 2.75) is 32.0 Å². The second-order valence-electron chi connectivity index (χ2n) is 4.82. The van der Waals surface area contributed by atoms with Crippen LogP contribution in [0.1, 0.15) is 25.3 Å². The quantitative estimate of drug-likeness (QED) is 0.833. The van der Waals surface area contributed by atoms with E-state index in [4.69, 9.17) is 5.73 Å². The lowest BCUT2D eigenvalue weighted by molar-refractivity contribution is 0.0563. The maximum Gasteiger partial charge on any atom is 0.123 e. The van der Waals surface area contributed by atoms with E-state index >= 15 is 0 Å². The highest BCUT2D eigenvalue weighted by molar-refractivity contribution is 5.31. The van der Waals surface area contributed by atoms with E-state index in [1.54, 1.807) is 13.1 Å². The molecule has 0 radical (unpaired) electrons. The average Bonchev–Trinajstić information content (AvgIpc) is 2.15. The lowest BCUT2D eigenvalue weighted by atomic mass is 9.96. The van der Waals surface area contributed by atoms with Crippen molar-refractivity contribution in [3.63, 3.8) is 0 Å². The number of halogens is 1. The molecule has 1 aliphatic heterocycles. The zero-order valence-electron chi connectivity index (χ0n) is 9.62. The molecule has 0 unspecified atom stereocenters. The Bertz CT molecular complexity index is 365. The van der Waals surface area contributed by atoms with Crippen molar-refractivity contribution in [2.75, 3.05) is 18.8 Å². The van der Waals surface area contributed by atoms with Crippen molar-refractivity contribution in [1.82, 2.24) is 9.88 Å². The van der Waals surface area contributed by atoms with Crippen molar-refractivity contribution in [1.29, 1.82) is 0 Å². The monoisotopic (exact) mass is 223 g/mol. The molecule has 0 saturated carbocycles. The van der Waals surface area contributed by atoms with Crippen LogP contribution in [0.15, 0.2) is 18.3 Å². The molecule has 1 saturated heterocycles. The third-order valence-corrected chi connectivity index (χ3v) is 2.98. The standard InChI is InChI=1S/C12H18FN3/c1-12(13)4-2-6-16(9-12)8-10-3-5-15-11(14)7-10/h3,5,7H,2,4,6,8-9H2,1H3,(H2,14,15)/t12-/m1/s1. The van der Waals surface area contributed by atoms with Crippen molar-refractivity contribution in [3.8, 4) is 0 Å². The fourth-order valence-corrected chi connectivity index (χ4v) is 2.28. The van der Waals surface area contributed by atoms with Gasteiger partial charge < -0.3 is 5.73 Å². The smallest absolute Gasteiger partial charge is 0.123 e. The van der Waals surface area contributed by atoms with Gasteiger partial charge in [0, 0.05) is 19.3 Å². The molecule has 88 valence electrons. The van der Waals surface area contributed by atoms with Gasteiger partial charge >= 0.3 is 0 Å². The molecule has 0 aromatic carbocycles. The second kappa shape index (κ2) is 4.37. The topological polar surface area (TPSA) is 42.2 Å². The van der Waals surface area contributed by atoms with Crippen LogP contribution < -0.4 is 5.73 Å². The van der Waals surface area contributed by atoms with Gasteiger partial charge in [-0.1, -0.05) is 0 Å². The molecule has 2 rings (SSSR count). The Morgan fingerprint density at radius 2 is 2.44 bits per heavy atom. The molecule has 1 aromatic heterocycles. The Morgan fingerprint density at radius 1 is 1.62 bits per heavy atom. The van der Waals surface area contributed by atoms with Crippen molar-refractivity contribution < 1.29 is 4.39 Å². The number of piperidine rings is 1. The number of anilines is 1. The Balaban J connectivity index is 1.99. The van der Waals surface area contributed by atoms with Crippen LogP contribution in [0, 0.1) is 0 Å². The number of alkyl halides is 1. The van der Waals surface area contributed by atoms with E-state index in [0.717, 1.165) is 25.1 Å². The van der Waals surface area contributed by atoms with E-state index in [1.807, 2.05) is 12.1 Å². The summed E-state index contributed by atoms with van der Waals surface area (Å²) in [5.74, 6) is 0.525. The van der Waals surface area contributed by atoms with Gasteiger partial charge in [0.25, 0.3) is 0 Å². The molecule has 16 heavy (non-hydrogen) atoms. The van der Waals surface area contributed by atoms with E-state index in [2.05, 4.69) is 9.88 Å². The fraction of sp³-hybridized carbons (Fsp3) is 0.583. The summed E-state index contributed by atoms with van der Waals surface area (Å²) in [6.45, 7) is 3.91. The Hall–Kier alpha value is -1.16. The lowest BCUT2D eigenvalue weighted by Gasteiger charge is -2.35. The number of hydrogen-bond acceptors (Lipinski definition) is 3. The molecule has 1 atom stereocenters. The molecule has 1 fully saturated rings. The van der Waals surface area contributed by atoms with Crippen molar-refractivity contribution in [2.24, 2.45) is 0 Å². The number of pyridine rings is 1. The zero-order valence-corrected chi connectivity index (χ0v) is 9.62. The summed E-state index contributed by atoms with van der Waals surface area (Å²) in [5, 5.41) is 0. The Morgan fingerprint density at radius 3 is 3.12 bits per heavy atom. The van der Waals surface area contributed by atoms with E-state index in [9.17, 15) is 4.39 Å². The number of nitrogen functional groups attached to an aromatic ring is 1. The molecule has 4 heteroatoms. The lowest BCUT2D eigenvalue weighted by Crippen LogP contribution is -2.42. The Kier molecular flexibility index (Phi) is 3.10. The predicted octanol–water partition coefficient (Wildman–Crippen LogP) is 1.99. The normalized spacial score (nSPS) is 26.9. The van der Waals surface area contributed by atoms with Crippen LogP contribution in [-0.2, 0) is 6.54 Å². The first-order valence-electron chi connectivity index (χ1n) is 5.67. The number of rotatable bonds is 2.